The number of carbonyl (C=O) groups is 1. The summed E-state index contributed by atoms with van der Waals surface area (Å²) in [6.07, 6.45) is 1.01. The summed E-state index contributed by atoms with van der Waals surface area (Å²) in [6.45, 7) is 5.05. The Morgan fingerprint density at radius 1 is 1.07 bits per heavy atom. The Morgan fingerprint density at radius 3 is 2.37 bits per heavy atom. The van der Waals surface area contributed by atoms with Crippen LogP contribution in [-0.4, -0.2) is 20.6 Å². The average Bonchev–Trinajstić information content (AvgIpc) is 3.03. The number of aromatic nitrogens is 2. The summed E-state index contributed by atoms with van der Waals surface area (Å²) in [5.41, 5.74) is 3.50. The molecule has 0 bridgehead atoms. The average molecular weight is 358 g/mol. The zero-order valence-corrected chi connectivity index (χ0v) is 15.5. The van der Waals surface area contributed by atoms with Crippen molar-refractivity contribution in [3.8, 4) is 0 Å². The largest absolute Gasteiger partial charge is 0.478 e. The minimum absolute atomic E-state index is 0.308. The third-order valence-electron chi connectivity index (χ3n) is 5.24. The Labute approximate surface area is 158 Å². The summed E-state index contributed by atoms with van der Waals surface area (Å²) >= 11 is 0. The van der Waals surface area contributed by atoms with Gasteiger partial charge in [0.15, 0.2) is 0 Å². The highest BCUT2D eigenvalue weighted by Crippen LogP contribution is 2.28. The molecule has 3 aromatic carbocycles. The second-order valence-corrected chi connectivity index (χ2v) is 7.06. The van der Waals surface area contributed by atoms with Crippen LogP contribution >= 0.6 is 0 Å². The first kappa shape index (κ1) is 17.3. The van der Waals surface area contributed by atoms with Gasteiger partial charge in [0.2, 0.25) is 0 Å². The maximum Gasteiger partial charge on any atom is 0.335 e. The number of hydrogen-bond donors (Lipinski definition) is 1. The number of carboxylic acids is 1. The maximum absolute atomic E-state index is 11.1. The Kier molecular flexibility index (Phi) is 4.40. The first-order valence-electron chi connectivity index (χ1n) is 9.28. The van der Waals surface area contributed by atoms with E-state index in [1.165, 1.54) is 10.8 Å². The highest BCUT2D eigenvalue weighted by molar-refractivity contribution is 5.95. The molecule has 0 saturated carbocycles. The van der Waals surface area contributed by atoms with Crippen molar-refractivity contribution in [2.45, 2.75) is 32.7 Å². The van der Waals surface area contributed by atoms with Crippen molar-refractivity contribution in [2.75, 3.05) is 0 Å². The van der Waals surface area contributed by atoms with Crippen LogP contribution in [0.3, 0.4) is 0 Å². The van der Waals surface area contributed by atoms with Gasteiger partial charge in [0.05, 0.1) is 16.6 Å². The standard InChI is InChI=1S/C23H22N2O2/c1-3-15(2)22-24-20-12-18-6-4-5-7-19(18)13-21(20)25(22)14-16-8-10-17(11-9-16)23(26)27/h4-13,15H,3,14H2,1-2H3,(H,26,27). The molecule has 0 aliphatic rings. The molecule has 0 aliphatic carbocycles. The number of hydrogen-bond acceptors (Lipinski definition) is 2. The van der Waals surface area contributed by atoms with E-state index < -0.39 is 5.97 Å². The first-order chi connectivity index (χ1) is 13.1. The Balaban J connectivity index is 1.85. The summed E-state index contributed by atoms with van der Waals surface area (Å²) < 4.78 is 2.27. The van der Waals surface area contributed by atoms with Crippen LogP contribution in [0, 0.1) is 0 Å². The summed E-state index contributed by atoms with van der Waals surface area (Å²) in [4.78, 5) is 16.0. The first-order valence-corrected chi connectivity index (χ1v) is 9.28. The van der Waals surface area contributed by atoms with E-state index in [0.717, 1.165) is 28.8 Å². The van der Waals surface area contributed by atoms with Gasteiger partial charge in [0.25, 0.3) is 0 Å². The lowest BCUT2D eigenvalue weighted by molar-refractivity contribution is 0.0697. The summed E-state index contributed by atoms with van der Waals surface area (Å²) in [5.74, 6) is 0.519. The lowest BCUT2D eigenvalue weighted by atomic mass is 10.1. The summed E-state index contributed by atoms with van der Waals surface area (Å²) in [6, 6.07) is 19.8. The molecule has 0 amide bonds. The van der Waals surface area contributed by atoms with Gasteiger partial charge in [0.1, 0.15) is 5.82 Å². The normalized spacial score (nSPS) is 12.5. The second kappa shape index (κ2) is 6.88. The molecule has 0 fully saturated rings. The van der Waals surface area contributed by atoms with Crippen LogP contribution in [0.5, 0.6) is 0 Å². The lowest BCUT2D eigenvalue weighted by Gasteiger charge is -2.14. The maximum atomic E-state index is 11.1. The number of rotatable bonds is 5. The molecule has 1 N–H and O–H groups in total. The fourth-order valence-electron chi connectivity index (χ4n) is 3.49. The zero-order chi connectivity index (χ0) is 19.0. The van der Waals surface area contributed by atoms with Crippen LogP contribution in [0.1, 0.15) is 47.9 Å². The molecular weight excluding hydrogens is 336 g/mol. The van der Waals surface area contributed by atoms with Gasteiger partial charge in [-0.05, 0) is 47.0 Å². The van der Waals surface area contributed by atoms with E-state index in [9.17, 15) is 4.79 Å². The van der Waals surface area contributed by atoms with Crippen molar-refractivity contribution in [2.24, 2.45) is 0 Å². The number of aromatic carboxylic acids is 1. The van der Waals surface area contributed by atoms with E-state index in [2.05, 4.69) is 48.7 Å². The molecule has 136 valence electrons. The summed E-state index contributed by atoms with van der Waals surface area (Å²) in [7, 11) is 0. The Bertz CT molecular complexity index is 1130. The molecule has 4 heteroatoms. The van der Waals surface area contributed by atoms with Gasteiger partial charge in [-0.1, -0.05) is 50.2 Å². The van der Waals surface area contributed by atoms with Crippen molar-refractivity contribution >= 4 is 27.8 Å². The predicted molar refractivity (Wildman–Crippen MR) is 108 cm³/mol. The van der Waals surface area contributed by atoms with Gasteiger partial charge in [-0.15, -0.1) is 0 Å². The molecule has 1 unspecified atom stereocenters. The van der Waals surface area contributed by atoms with Crippen molar-refractivity contribution in [1.82, 2.24) is 9.55 Å². The van der Waals surface area contributed by atoms with Gasteiger partial charge in [-0.2, -0.15) is 0 Å². The lowest BCUT2D eigenvalue weighted by Crippen LogP contribution is -2.08. The molecule has 0 spiro atoms. The molecule has 27 heavy (non-hydrogen) atoms. The van der Waals surface area contributed by atoms with Crippen LogP contribution in [0.2, 0.25) is 0 Å². The number of benzene rings is 3. The molecule has 1 heterocycles. The minimum atomic E-state index is -0.901. The van der Waals surface area contributed by atoms with Gasteiger partial charge in [-0.25, -0.2) is 9.78 Å². The minimum Gasteiger partial charge on any atom is -0.478 e. The highest BCUT2D eigenvalue weighted by atomic mass is 16.4. The SMILES string of the molecule is CCC(C)c1nc2cc3ccccc3cc2n1Cc1ccc(C(=O)O)cc1. The number of carboxylic acid groups (broad SMARTS) is 1. The van der Waals surface area contributed by atoms with E-state index >= 15 is 0 Å². The number of fused-ring (bicyclic) bond motifs is 2. The van der Waals surface area contributed by atoms with Crippen LogP contribution in [-0.2, 0) is 6.54 Å². The molecule has 0 saturated heterocycles. The van der Waals surface area contributed by atoms with Gasteiger partial charge >= 0.3 is 5.97 Å². The van der Waals surface area contributed by atoms with Crippen molar-refractivity contribution in [3.63, 3.8) is 0 Å². The van der Waals surface area contributed by atoms with Gasteiger partial charge in [0, 0.05) is 12.5 Å². The summed E-state index contributed by atoms with van der Waals surface area (Å²) in [5, 5.41) is 11.5. The van der Waals surface area contributed by atoms with Crippen LogP contribution in [0.25, 0.3) is 21.8 Å². The molecule has 0 aliphatic heterocycles. The van der Waals surface area contributed by atoms with E-state index in [4.69, 9.17) is 10.1 Å². The molecule has 1 atom stereocenters. The topological polar surface area (TPSA) is 55.1 Å². The van der Waals surface area contributed by atoms with Gasteiger partial charge < -0.3 is 9.67 Å². The molecule has 4 rings (SSSR count). The van der Waals surface area contributed by atoms with E-state index in [0.29, 0.717) is 18.0 Å². The van der Waals surface area contributed by atoms with Crippen molar-refractivity contribution in [1.29, 1.82) is 0 Å². The fraction of sp³-hybridized carbons (Fsp3) is 0.217. The van der Waals surface area contributed by atoms with Crippen LogP contribution < -0.4 is 0 Å². The quantitative estimate of drug-likeness (QED) is 0.516. The van der Waals surface area contributed by atoms with Crippen molar-refractivity contribution < 1.29 is 9.90 Å². The van der Waals surface area contributed by atoms with E-state index in [-0.39, 0.29) is 0 Å². The monoisotopic (exact) mass is 358 g/mol. The Hall–Kier alpha value is -3.14. The molecular formula is C23H22N2O2. The second-order valence-electron chi connectivity index (χ2n) is 7.06. The predicted octanol–water partition coefficient (Wildman–Crippen LogP) is 5.45. The van der Waals surface area contributed by atoms with E-state index in [1.807, 2.05) is 18.2 Å². The van der Waals surface area contributed by atoms with Gasteiger partial charge in [-0.3, -0.25) is 0 Å². The Morgan fingerprint density at radius 2 is 1.74 bits per heavy atom. The zero-order valence-electron chi connectivity index (χ0n) is 15.5. The molecule has 0 radical (unpaired) electrons. The third-order valence-corrected chi connectivity index (χ3v) is 5.24. The number of imidazole rings is 1. The number of nitrogens with zero attached hydrogens (tertiary/aromatic N) is 2. The fourth-order valence-corrected chi connectivity index (χ4v) is 3.49. The smallest absolute Gasteiger partial charge is 0.335 e. The molecule has 4 aromatic rings. The third kappa shape index (κ3) is 3.19. The molecule has 1 aromatic heterocycles. The highest BCUT2D eigenvalue weighted by Gasteiger charge is 2.16. The van der Waals surface area contributed by atoms with Crippen LogP contribution in [0.15, 0.2) is 60.7 Å². The molecule has 4 nitrogen and oxygen atoms in total. The van der Waals surface area contributed by atoms with Crippen LogP contribution in [0.4, 0.5) is 0 Å². The van der Waals surface area contributed by atoms with Crippen molar-refractivity contribution in [3.05, 3.63) is 77.6 Å². The van der Waals surface area contributed by atoms with E-state index in [1.54, 1.807) is 12.1 Å².